The molecule has 0 unspecified atom stereocenters. The molecule has 1 amide bonds. The number of aromatic nitrogens is 1. The number of carbonyl (C=O) groups excluding carboxylic acids is 1. The van der Waals surface area contributed by atoms with E-state index in [-0.39, 0.29) is 17.5 Å². The van der Waals surface area contributed by atoms with Crippen molar-refractivity contribution in [3.8, 4) is 0 Å². The number of thioether (sulfide) groups is 1. The lowest BCUT2D eigenvalue weighted by atomic mass is 10.3. The fourth-order valence-corrected chi connectivity index (χ4v) is 3.63. The number of fused-ring (bicyclic) bond motifs is 1. The Labute approximate surface area is 139 Å². The molecule has 2 aromatic carbocycles. The van der Waals surface area contributed by atoms with E-state index < -0.39 is 0 Å². The minimum Gasteiger partial charge on any atom is -0.324 e. The van der Waals surface area contributed by atoms with Gasteiger partial charge in [-0.25, -0.2) is 9.37 Å². The maximum absolute atomic E-state index is 12.8. The summed E-state index contributed by atoms with van der Waals surface area (Å²) in [5.74, 6) is -0.178. The van der Waals surface area contributed by atoms with E-state index in [0.29, 0.717) is 16.2 Å². The second-order valence-electron chi connectivity index (χ2n) is 4.42. The molecule has 0 spiro atoms. The van der Waals surface area contributed by atoms with Crippen LogP contribution in [0.15, 0.2) is 46.8 Å². The van der Waals surface area contributed by atoms with Crippen molar-refractivity contribution in [3.05, 3.63) is 52.7 Å². The van der Waals surface area contributed by atoms with Gasteiger partial charge in [0.25, 0.3) is 0 Å². The summed E-state index contributed by atoms with van der Waals surface area (Å²) in [4.78, 5) is 17.1. The molecule has 0 saturated heterocycles. The Kier molecular flexibility index (Phi) is 4.61. The van der Waals surface area contributed by atoms with E-state index in [2.05, 4.69) is 10.3 Å². The Morgan fingerprint density at radius 3 is 2.82 bits per heavy atom. The average Bonchev–Trinajstić information content (AvgIpc) is 3.00. The summed E-state index contributed by atoms with van der Waals surface area (Å²) in [7, 11) is 0. The number of amides is 1. The summed E-state index contributed by atoms with van der Waals surface area (Å²) in [6, 6.07) is 9.53. The van der Waals surface area contributed by atoms with Gasteiger partial charge in [-0.1, -0.05) is 11.6 Å². The molecule has 22 heavy (non-hydrogen) atoms. The van der Waals surface area contributed by atoms with Crippen molar-refractivity contribution in [2.45, 2.75) is 4.90 Å². The van der Waals surface area contributed by atoms with Crippen LogP contribution in [0.3, 0.4) is 0 Å². The van der Waals surface area contributed by atoms with Crippen molar-refractivity contribution < 1.29 is 9.18 Å². The highest BCUT2D eigenvalue weighted by molar-refractivity contribution is 8.00. The van der Waals surface area contributed by atoms with Crippen LogP contribution in [0.4, 0.5) is 10.1 Å². The number of nitrogens with one attached hydrogen (secondary N) is 1. The van der Waals surface area contributed by atoms with E-state index in [1.807, 2.05) is 0 Å². The van der Waals surface area contributed by atoms with Crippen LogP contribution in [-0.2, 0) is 4.79 Å². The van der Waals surface area contributed by atoms with E-state index in [4.69, 9.17) is 11.6 Å². The number of halogens is 2. The normalized spacial score (nSPS) is 10.8. The minimum atomic E-state index is -0.289. The predicted octanol–water partition coefficient (Wildman–Crippen LogP) is 4.82. The Hall–Kier alpha value is -1.63. The monoisotopic (exact) mass is 352 g/mol. The molecule has 0 aliphatic heterocycles. The SMILES string of the molecule is O=C(CSc1ccc(F)cc1)Nc1ccc(Cl)c2ncsc12. The second kappa shape index (κ2) is 6.64. The van der Waals surface area contributed by atoms with Gasteiger partial charge in [0, 0.05) is 4.90 Å². The van der Waals surface area contributed by atoms with Crippen molar-refractivity contribution in [2.24, 2.45) is 0 Å². The smallest absolute Gasteiger partial charge is 0.234 e. The third-order valence-corrected chi connectivity index (χ3v) is 5.07. The lowest BCUT2D eigenvalue weighted by molar-refractivity contribution is -0.113. The average molecular weight is 353 g/mol. The Morgan fingerprint density at radius 2 is 2.05 bits per heavy atom. The van der Waals surface area contributed by atoms with Crippen LogP contribution in [0.5, 0.6) is 0 Å². The molecular formula is C15H10ClFN2OS2. The second-order valence-corrected chi connectivity index (χ2v) is 6.73. The van der Waals surface area contributed by atoms with E-state index >= 15 is 0 Å². The summed E-state index contributed by atoms with van der Waals surface area (Å²) >= 11 is 8.84. The molecule has 3 nitrogen and oxygen atoms in total. The van der Waals surface area contributed by atoms with Crippen LogP contribution in [0.2, 0.25) is 5.02 Å². The number of hydrogen-bond donors (Lipinski definition) is 1. The number of rotatable bonds is 4. The van der Waals surface area contributed by atoms with Crippen LogP contribution >= 0.6 is 34.7 Å². The number of benzene rings is 2. The summed E-state index contributed by atoms with van der Waals surface area (Å²) < 4.78 is 13.7. The van der Waals surface area contributed by atoms with Gasteiger partial charge in [0.15, 0.2) is 0 Å². The molecule has 7 heteroatoms. The van der Waals surface area contributed by atoms with Crippen molar-refractivity contribution in [1.82, 2.24) is 4.98 Å². The van der Waals surface area contributed by atoms with Crippen LogP contribution in [-0.4, -0.2) is 16.6 Å². The largest absolute Gasteiger partial charge is 0.324 e. The molecule has 0 fully saturated rings. The minimum absolute atomic E-state index is 0.133. The third-order valence-electron chi connectivity index (χ3n) is 2.89. The van der Waals surface area contributed by atoms with Gasteiger partial charge >= 0.3 is 0 Å². The number of nitrogens with zero attached hydrogens (tertiary/aromatic N) is 1. The molecule has 0 radical (unpaired) electrons. The van der Waals surface area contributed by atoms with Gasteiger partial charge in [-0.3, -0.25) is 4.79 Å². The number of hydrogen-bond acceptors (Lipinski definition) is 4. The first-order valence-corrected chi connectivity index (χ1v) is 8.58. The summed E-state index contributed by atoms with van der Waals surface area (Å²) in [5, 5.41) is 3.42. The molecule has 1 heterocycles. The van der Waals surface area contributed by atoms with Gasteiger partial charge in [-0.15, -0.1) is 23.1 Å². The van der Waals surface area contributed by atoms with E-state index in [9.17, 15) is 9.18 Å². The van der Waals surface area contributed by atoms with E-state index in [0.717, 1.165) is 9.60 Å². The predicted molar refractivity (Wildman–Crippen MR) is 90.4 cm³/mol. The zero-order valence-electron chi connectivity index (χ0n) is 11.2. The van der Waals surface area contributed by atoms with Gasteiger partial charge in [-0.2, -0.15) is 0 Å². The Bertz CT molecular complexity index is 820. The zero-order valence-corrected chi connectivity index (χ0v) is 13.6. The molecule has 112 valence electrons. The van der Waals surface area contributed by atoms with Gasteiger partial charge in [0.2, 0.25) is 5.91 Å². The van der Waals surface area contributed by atoms with Crippen molar-refractivity contribution >= 4 is 56.5 Å². The first-order valence-electron chi connectivity index (χ1n) is 6.33. The molecule has 3 rings (SSSR count). The van der Waals surface area contributed by atoms with Crippen LogP contribution in [0.1, 0.15) is 0 Å². The zero-order chi connectivity index (χ0) is 15.5. The maximum atomic E-state index is 12.8. The maximum Gasteiger partial charge on any atom is 0.234 e. The summed E-state index contributed by atoms with van der Waals surface area (Å²) in [5.41, 5.74) is 3.08. The summed E-state index contributed by atoms with van der Waals surface area (Å²) in [6.45, 7) is 0. The number of thiazole rings is 1. The van der Waals surface area contributed by atoms with Gasteiger partial charge in [0.1, 0.15) is 11.3 Å². The Balaban J connectivity index is 1.67. The lowest BCUT2D eigenvalue weighted by Gasteiger charge is -2.06. The van der Waals surface area contributed by atoms with Crippen LogP contribution in [0, 0.1) is 5.82 Å². The van der Waals surface area contributed by atoms with Gasteiger partial charge < -0.3 is 5.32 Å². The van der Waals surface area contributed by atoms with Crippen molar-refractivity contribution in [3.63, 3.8) is 0 Å². The van der Waals surface area contributed by atoms with Crippen LogP contribution < -0.4 is 5.32 Å². The quantitative estimate of drug-likeness (QED) is 0.684. The highest BCUT2D eigenvalue weighted by Crippen LogP contribution is 2.32. The molecule has 0 bridgehead atoms. The summed E-state index contributed by atoms with van der Waals surface area (Å²) in [6.07, 6.45) is 0. The van der Waals surface area contributed by atoms with Crippen molar-refractivity contribution in [2.75, 3.05) is 11.1 Å². The molecule has 1 aromatic heterocycles. The molecule has 0 atom stereocenters. The van der Waals surface area contributed by atoms with Gasteiger partial charge in [-0.05, 0) is 36.4 Å². The molecule has 3 aromatic rings. The Morgan fingerprint density at radius 1 is 1.27 bits per heavy atom. The fourth-order valence-electron chi connectivity index (χ4n) is 1.88. The first kappa shape index (κ1) is 15.3. The molecule has 1 N–H and O–H groups in total. The molecule has 0 aliphatic rings. The van der Waals surface area contributed by atoms with E-state index in [1.165, 1.54) is 35.2 Å². The third kappa shape index (κ3) is 3.40. The number of anilines is 1. The highest BCUT2D eigenvalue weighted by atomic mass is 35.5. The van der Waals surface area contributed by atoms with Gasteiger partial charge in [0.05, 0.1) is 26.7 Å². The first-order chi connectivity index (χ1) is 10.6. The lowest BCUT2D eigenvalue weighted by Crippen LogP contribution is -2.14. The standard InChI is InChI=1S/C15H10ClFN2OS2/c16-11-5-6-12(15-14(11)18-8-22-15)19-13(20)7-21-10-3-1-9(17)2-4-10/h1-6,8H,7H2,(H,19,20). The topological polar surface area (TPSA) is 42.0 Å². The molecular weight excluding hydrogens is 343 g/mol. The fraction of sp³-hybridized carbons (Fsp3) is 0.0667. The molecule has 0 aliphatic carbocycles. The number of carbonyl (C=O) groups is 1. The van der Waals surface area contributed by atoms with Crippen LogP contribution in [0.25, 0.3) is 10.2 Å². The van der Waals surface area contributed by atoms with E-state index in [1.54, 1.807) is 29.8 Å². The van der Waals surface area contributed by atoms with Crippen molar-refractivity contribution in [1.29, 1.82) is 0 Å². The highest BCUT2D eigenvalue weighted by Gasteiger charge is 2.10. The molecule has 0 saturated carbocycles.